The minimum absolute atomic E-state index is 0.0831. The van der Waals surface area contributed by atoms with Crippen LogP contribution in [0.5, 0.6) is 0 Å². The number of allylic oxidation sites excluding steroid dienone is 12. The Morgan fingerprint density at radius 2 is 0.552 bits per heavy atom. The van der Waals surface area contributed by atoms with Gasteiger partial charge in [-0.15, -0.1) is 0 Å². The van der Waals surface area contributed by atoms with Crippen LogP contribution in [0.1, 0.15) is 336 Å². The Morgan fingerprint density at radius 3 is 0.875 bits per heavy atom. The zero-order chi connectivity index (χ0) is 70.4. The largest absolute Gasteiger partial charge is 0.472 e. The van der Waals surface area contributed by atoms with Crippen molar-refractivity contribution in [3.05, 3.63) is 72.9 Å². The summed E-state index contributed by atoms with van der Waals surface area (Å²) in [5, 5.41) is 10.6. The maximum absolute atomic E-state index is 13.1. The van der Waals surface area contributed by atoms with Crippen molar-refractivity contribution in [2.24, 2.45) is 0 Å². The van der Waals surface area contributed by atoms with Gasteiger partial charge in [0.15, 0.2) is 12.2 Å². The standard InChI is InChI=1S/C77H138O17P2/c1-5-9-13-17-21-25-29-31-33-34-35-36-38-40-44-46-50-54-58-62-75(80)88-68-73(94-77(82)64-60-56-52-48-42-28-24-20-16-12-8-4)70-92-96(85,86)90-66-71(78)65-89-95(83,84)91-69-72(93-76(81)63-59-55-51-47-41-27-23-19-15-11-7-3)67-87-74(79)61-57-53-49-45-43-39-37-32-30-26-22-18-14-10-6-2/h9,13,20-21,24-25,31-33,35-37,71-73,78H,5-8,10-12,14-19,22-23,26-30,34,38-70H2,1-4H3,(H,83,84)(H,85,86)/b13-9-,24-20-,25-21-,33-31-,36-35-,37-32-. The number of carbonyl (C=O) groups is 4. The summed E-state index contributed by atoms with van der Waals surface area (Å²) < 4.78 is 68.4. The molecule has 0 spiro atoms. The van der Waals surface area contributed by atoms with Gasteiger partial charge in [0.25, 0.3) is 0 Å². The molecule has 0 saturated carbocycles. The lowest BCUT2D eigenvalue weighted by Gasteiger charge is -2.21. The molecule has 0 aromatic carbocycles. The van der Waals surface area contributed by atoms with Gasteiger partial charge in [0, 0.05) is 25.7 Å². The van der Waals surface area contributed by atoms with Crippen LogP contribution < -0.4 is 0 Å². The third kappa shape index (κ3) is 69.0. The number of carbonyl (C=O) groups excluding carboxylic acids is 4. The Bertz CT molecular complexity index is 2110. The van der Waals surface area contributed by atoms with E-state index in [1.165, 1.54) is 89.9 Å². The zero-order valence-electron chi connectivity index (χ0n) is 60.8. The van der Waals surface area contributed by atoms with Crippen molar-refractivity contribution in [2.45, 2.75) is 354 Å². The molecule has 19 heteroatoms. The first-order chi connectivity index (χ1) is 46.7. The third-order valence-corrected chi connectivity index (χ3v) is 18.1. The summed E-state index contributed by atoms with van der Waals surface area (Å²) in [4.78, 5) is 72.7. The van der Waals surface area contributed by atoms with E-state index in [9.17, 15) is 43.2 Å². The van der Waals surface area contributed by atoms with Crippen LogP contribution in [0.4, 0.5) is 0 Å². The number of hydrogen-bond donors (Lipinski definition) is 3. The molecule has 0 aliphatic heterocycles. The fourth-order valence-electron chi connectivity index (χ4n) is 10.3. The van der Waals surface area contributed by atoms with Crippen molar-refractivity contribution in [1.29, 1.82) is 0 Å². The number of rotatable bonds is 72. The van der Waals surface area contributed by atoms with Gasteiger partial charge in [0.2, 0.25) is 0 Å². The molecule has 5 atom stereocenters. The van der Waals surface area contributed by atoms with Crippen LogP contribution in [0.15, 0.2) is 72.9 Å². The number of aliphatic hydroxyl groups excluding tert-OH is 1. The first-order valence-electron chi connectivity index (χ1n) is 38.2. The van der Waals surface area contributed by atoms with Gasteiger partial charge >= 0.3 is 39.5 Å². The van der Waals surface area contributed by atoms with Crippen molar-refractivity contribution >= 4 is 39.5 Å². The van der Waals surface area contributed by atoms with E-state index < -0.39 is 97.5 Å². The first-order valence-corrected chi connectivity index (χ1v) is 41.2. The summed E-state index contributed by atoms with van der Waals surface area (Å²) in [6.07, 6.45) is 69.0. The second kappa shape index (κ2) is 70.0. The van der Waals surface area contributed by atoms with Gasteiger partial charge in [-0.25, -0.2) is 9.13 Å². The van der Waals surface area contributed by atoms with Crippen LogP contribution in [0.2, 0.25) is 0 Å². The Labute approximate surface area is 583 Å². The summed E-state index contributed by atoms with van der Waals surface area (Å²) in [7, 11) is -9.94. The van der Waals surface area contributed by atoms with Gasteiger partial charge in [0.05, 0.1) is 26.4 Å². The smallest absolute Gasteiger partial charge is 0.462 e. The van der Waals surface area contributed by atoms with Crippen molar-refractivity contribution in [2.75, 3.05) is 39.6 Å². The highest BCUT2D eigenvalue weighted by atomic mass is 31.2. The monoisotopic (exact) mass is 1400 g/mol. The maximum Gasteiger partial charge on any atom is 0.472 e. The van der Waals surface area contributed by atoms with Gasteiger partial charge in [-0.3, -0.25) is 37.3 Å². The Hall–Kier alpha value is -3.50. The molecule has 5 unspecified atom stereocenters. The van der Waals surface area contributed by atoms with Crippen LogP contribution >= 0.6 is 15.6 Å². The molecule has 0 radical (unpaired) electrons. The van der Waals surface area contributed by atoms with Gasteiger partial charge in [-0.1, -0.05) is 274 Å². The van der Waals surface area contributed by atoms with E-state index >= 15 is 0 Å². The molecule has 558 valence electrons. The molecule has 3 N–H and O–H groups in total. The van der Waals surface area contributed by atoms with Gasteiger partial charge in [-0.2, -0.15) is 0 Å². The summed E-state index contributed by atoms with van der Waals surface area (Å²) in [6.45, 7) is 4.71. The van der Waals surface area contributed by atoms with Crippen molar-refractivity contribution in [3.8, 4) is 0 Å². The van der Waals surface area contributed by atoms with Crippen LogP contribution in [-0.4, -0.2) is 96.7 Å². The van der Waals surface area contributed by atoms with E-state index in [2.05, 4.69) is 101 Å². The van der Waals surface area contributed by atoms with Crippen LogP contribution in [0.3, 0.4) is 0 Å². The molecule has 17 nitrogen and oxygen atoms in total. The second-order valence-corrected chi connectivity index (χ2v) is 28.5. The number of hydrogen-bond acceptors (Lipinski definition) is 15. The molecular formula is C77H138O17P2. The van der Waals surface area contributed by atoms with Crippen LogP contribution in [0, 0.1) is 0 Å². The van der Waals surface area contributed by atoms with Crippen molar-refractivity contribution in [1.82, 2.24) is 0 Å². The predicted octanol–water partition coefficient (Wildman–Crippen LogP) is 21.7. The number of esters is 4. The highest BCUT2D eigenvalue weighted by Crippen LogP contribution is 2.45. The first kappa shape index (κ1) is 92.5. The summed E-state index contributed by atoms with van der Waals surface area (Å²) in [5.74, 6) is -2.19. The fourth-order valence-corrected chi connectivity index (χ4v) is 11.9. The molecule has 0 aliphatic carbocycles. The molecule has 0 bridgehead atoms. The number of phosphoric acid groups is 2. The van der Waals surface area contributed by atoms with Crippen LogP contribution in [-0.2, 0) is 65.4 Å². The second-order valence-electron chi connectivity index (χ2n) is 25.6. The van der Waals surface area contributed by atoms with Gasteiger partial charge < -0.3 is 33.8 Å². The Morgan fingerprint density at radius 1 is 0.302 bits per heavy atom. The SMILES string of the molecule is CC/C=C\C/C=C\C/C=C\C/C=C\CCCCCCCCC(=O)OCC(COP(=O)(O)OCC(O)COP(=O)(O)OCC(COC(=O)CCCCCCC/C=C\CCCCCCCC)OC(=O)CCCCCCCCCCCCC)OC(=O)CCCCCCC/C=C\CCCC. The van der Waals surface area contributed by atoms with Crippen molar-refractivity contribution < 1.29 is 80.2 Å². The molecule has 0 fully saturated rings. The number of aliphatic hydroxyl groups is 1. The lowest BCUT2D eigenvalue weighted by Crippen LogP contribution is -2.30. The Balaban J connectivity index is 5.27. The molecule has 0 amide bonds. The van der Waals surface area contributed by atoms with E-state index in [-0.39, 0.29) is 25.7 Å². The molecule has 0 heterocycles. The van der Waals surface area contributed by atoms with E-state index in [1.807, 2.05) is 0 Å². The van der Waals surface area contributed by atoms with E-state index in [1.54, 1.807) is 0 Å². The van der Waals surface area contributed by atoms with Crippen molar-refractivity contribution in [3.63, 3.8) is 0 Å². The normalized spacial score (nSPS) is 14.4. The van der Waals surface area contributed by atoms with E-state index in [0.29, 0.717) is 25.7 Å². The molecular weight excluding hydrogens is 1260 g/mol. The molecule has 96 heavy (non-hydrogen) atoms. The topological polar surface area (TPSA) is 237 Å². The van der Waals surface area contributed by atoms with E-state index in [4.69, 9.17) is 37.0 Å². The lowest BCUT2D eigenvalue weighted by molar-refractivity contribution is -0.161. The Kier molecular flexibility index (Phi) is 67.4. The molecule has 0 saturated heterocycles. The van der Waals surface area contributed by atoms with Crippen LogP contribution in [0.25, 0.3) is 0 Å². The summed E-state index contributed by atoms with van der Waals surface area (Å²) >= 11 is 0. The number of phosphoric ester groups is 2. The number of ether oxygens (including phenoxy) is 4. The zero-order valence-corrected chi connectivity index (χ0v) is 62.6. The maximum atomic E-state index is 13.1. The minimum Gasteiger partial charge on any atom is -0.462 e. The molecule has 0 rings (SSSR count). The predicted molar refractivity (Wildman–Crippen MR) is 390 cm³/mol. The highest BCUT2D eigenvalue weighted by Gasteiger charge is 2.30. The summed E-state index contributed by atoms with van der Waals surface area (Å²) in [5.41, 5.74) is 0. The summed E-state index contributed by atoms with van der Waals surface area (Å²) in [6, 6.07) is 0. The molecule has 0 aromatic heterocycles. The fraction of sp³-hybridized carbons (Fsp3) is 0.792. The average molecular weight is 1400 g/mol. The van der Waals surface area contributed by atoms with Gasteiger partial charge in [0.1, 0.15) is 19.3 Å². The minimum atomic E-state index is -4.97. The quantitative estimate of drug-likeness (QED) is 0.0169. The highest BCUT2D eigenvalue weighted by molar-refractivity contribution is 7.47. The molecule has 0 aliphatic rings. The third-order valence-electron chi connectivity index (χ3n) is 16.2. The number of unbranched alkanes of at least 4 members (excludes halogenated alkanes) is 34. The molecule has 0 aromatic rings. The van der Waals surface area contributed by atoms with E-state index in [0.717, 1.165) is 167 Å². The average Bonchev–Trinajstić information content (AvgIpc) is 1.15. The van der Waals surface area contributed by atoms with Gasteiger partial charge in [-0.05, 0) is 109 Å². The lowest BCUT2D eigenvalue weighted by atomic mass is 10.1.